The standard InChI is InChI=1S/C19H17F3N2O2/c20-19(21,22)26-15-10-8-14(9-11-15)24-18(25)7-3-4-13-12-23-17-6-2-1-5-16(13)17/h1-2,5-6,8-12,23H,3-4,7H2,(H,24,25). The largest absolute Gasteiger partial charge is 0.573 e. The van der Waals surface area contributed by atoms with E-state index in [2.05, 4.69) is 15.0 Å². The maximum Gasteiger partial charge on any atom is 0.573 e. The number of rotatable bonds is 6. The third kappa shape index (κ3) is 4.78. The molecule has 1 aromatic heterocycles. The summed E-state index contributed by atoms with van der Waals surface area (Å²) in [4.78, 5) is 15.2. The van der Waals surface area contributed by atoms with Crippen LogP contribution in [0.5, 0.6) is 5.75 Å². The third-order valence-corrected chi connectivity index (χ3v) is 3.90. The number of carbonyl (C=O) groups is 1. The van der Waals surface area contributed by atoms with Gasteiger partial charge in [0.05, 0.1) is 0 Å². The minimum Gasteiger partial charge on any atom is -0.406 e. The van der Waals surface area contributed by atoms with Gasteiger partial charge in [-0.05, 0) is 48.7 Å². The molecule has 4 nitrogen and oxygen atoms in total. The van der Waals surface area contributed by atoms with Crippen LogP contribution < -0.4 is 10.1 Å². The predicted octanol–water partition coefficient (Wildman–Crippen LogP) is 5.03. The Morgan fingerprint density at radius 3 is 2.54 bits per heavy atom. The molecule has 0 unspecified atom stereocenters. The first-order valence-corrected chi connectivity index (χ1v) is 8.11. The fourth-order valence-electron chi connectivity index (χ4n) is 2.74. The molecule has 0 saturated carbocycles. The van der Waals surface area contributed by atoms with E-state index in [-0.39, 0.29) is 11.7 Å². The average molecular weight is 362 g/mol. The molecule has 136 valence electrons. The number of ether oxygens (including phenoxy) is 1. The number of benzene rings is 2. The Hall–Kier alpha value is -2.96. The van der Waals surface area contributed by atoms with E-state index < -0.39 is 6.36 Å². The Balaban J connectivity index is 1.48. The number of aromatic nitrogens is 1. The van der Waals surface area contributed by atoms with Crippen molar-refractivity contribution in [2.75, 3.05) is 5.32 Å². The molecule has 0 aliphatic heterocycles. The summed E-state index contributed by atoms with van der Waals surface area (Å²) >= 11 is 0. The lowest BCUT2D eigenvalue weighted by atomic mass is 10.1. The lowest BCUT2D eigenvalue weighted by Crippen LogP contribution is -2.17. The molecule has 0 aliphatic carbocycles. The normalized spacial score (nSPS) is 11.5. The second kappa shape index (κ2) is 7.51. The molecule has 3 rings (SSSR count). The molecular weight excluding hydrogens is 345 g/mol. The summed E-state index contributed by atoms with van der Waals surface area (Å²) in [7, 11) is 0. The Morgan fingerprint density at radius 2 is 1.81 bits per heavy atom. The number of anilines is 1. The van der Waals surface area contributed by atoms with E-state index in [0.29, 0.717) is 18.5 Å². The third-order valence-electron chi connectivity index (χ3n) is 3.90. The second-order valence-corrected chi connectivity index (χ2v) is 5.83. The van der Waals surface area contributed by atoms with Gasteiger partial charge in [-0.25, -0.2) is 0 Å². The summed E-state index contributed by atoms with van der Waals surface area (Å²) < 4.78 is 40.1. The number of nitrogens with one attached hydrogen (secondary N) is 2. The van der Waals surface area contributed by atoms with Crippen LogP contribution in [-0.2, 0) is 11.2 Å². The Kier molecular flexibility index (Phi) is 5.16. The van der Waals surface area contributed by atoms with Gasteiger partial charge in [-0.2, -0.15) is 0 Å². The smallest absolute Gasteiger partial charge is 0.406 e. The lowest BCUT2D eigenvalue weighted by molar-refractivity contribution is -0.274. The molecule has 3 aromatic rings. The van der Waals surface area contributed by atoms with Gasteiger partial charge in [0.15, 0.2) is 0 Å². The molecule has 0 fully saturated rings. The van der Waals surface area contributed by atoms with Crippen molar-refractivity contribution in [2.45, 2.75) is 25.6 Å². The molecule has 7 heteroatoms. The Bertz CT molecular complexity index is 886. The van der Waals surface area contributed by atoms with E-state index in [0.717, 1.165) is 35.0 Å². The number of para-hydroxylation sites is 1. The van der Waals surface area contributed by atoms with Gasteiger partial charge in [-0.3, -0.25) is 4.79 Å². The molecule has 26 heavy (non-hydrogen) atoms. The van der Waals surface area contributed by atoms with Gasteiger partial charge in [0.1, 0.15) is 5.75 Å². The van der Waals surface area contributed by atoms with Crippen molar-refractivity contribution in [1.82, 2.24) is 4.98 Å². The summed E-state index contributed by atoms with van der Waals surface area (Å²) in [6, 6.07) is 13.0. The van der Waals surface area contributed by atoms with Crippen LogP contribution in [0.25, 0.3) is 10.9 Å². The van der Waals surface area contributed by atoms with E-state index in [4.69, 9.17) is 0 Å². The highest BCUT2D eigenvalue weighted by atomic mass is 19.4. The highest BCUT2D eigenvalue weighted by molar-refractivity contribution is 5.90. The van der Waals surface area contributed by atoms with Gasteiger partial charge in [-0.15, -0.1) is 13.2 Å². The maximum absolute atomic E-state index is 12.1. The molecule has 0 radical (unpaired) electrons. The Morgan fingerprint density at radius 1 is 1.08 bits per heavy atom. The van der Waals surface area contributed by atoms with Crippen LogP contribution in [0.15, 0.2) is 54.7 Å². The highest BCUT2D eigenvalue weighted by Crippen LogP contribution is 2.24. The van der Waals surface area contributed by atoms with Gasteiger partial charge in [0, 0.05) is 29.2 Å². The number of H-pyrrole nitrogens is 1. The highest BCUT2D eigenvalue weighted by Gasteiger charge is 2.30. The van der Waals surface area contributed by atoms with Crippen molar-refractivity contribution in [3.63, 3.8) is 0 Å². The van der Waals surface area contributed by atoms with Crippen molar-refractivity contribution in [1.29, 1.82) is 0 Å². The number of hydrogen-bond acceptors (Lipinski definition) is 2. The zero-order valence-corrected chi connectivity index (χ0v) is 13.8. The van der Waals surface area contributed by atoms with Crippen LogP contribution >= 0.6 is 0 Å². The van der Waals surface area contributed by atoms with Crippen LogP contribution in [0.4, 0.5) is 18.9 Å². The number of aromatic amines is 1. The number of amides is 1. The zero-order valence-electron chi connectivity index (χ0n) is 13.8. The van der Waals surface area contributed by atoms with E-state index in [1.54, 1.807) is 0 Å². The van der Waals surface area contributed by atoms with E-state index in [9.17, 15) is 18.0 Å². The van der Waals surface area contributed by atoms with Crippen LogP contribution in [0.3, 0.4) is 0 Å². The van der Waals surface area contributed by atoms with E-state index in [1.807, 2.05) is 30.5 Å². The van der Waals surface area contributed by atoms with Crippen molar-refractivity contribution in [3.05, 3.63) is 60.3 Å². The predicted molar refractivity (Wildman–Crippen MR) is 93.0 cm³/mol. The summed E-state index contributed by atoms with van der Waals surface area (Å²) in [6.45, 7) is 0. The fraction of sp³-hybridized carbons (Fsp3) is 0.211. The molecule has 0 bridgehead atoms. The van der Waals surface area contributed by atoms with Crippen LogP contribution in [-0.4, -0.2) is 17.3 Å². The van der Waals surface area contributed by atoms with Crippen LogP contribution in [0, 0.1) is 0 Å². The number of alkyl halides is 3. The molecule has 2 N–H and O–H groups in total. The fourth-order valence-corrected chi connectivity index (χ4v) is 2.74. The SMILES string of the molecule is O=C(CCCc1c[nH]c2ccccc12)Nc1ccc(OC(F)(F)F)cc1. The van der Waals surface area contributed by atoms with Crippen molar-refractivity contribution >= 4 is 22.5 Å². The Labute approximate surface area is 148 Å². The molecule has 1 heterocycles. The molecule has 0 saturated heterocycles. The van der Waals surface area contributed by atoms with Crippen molar-refractivity contribution < 1.29 is 22.7 Å². The zero-order chi connectivity index (χ0) is 18.6. The average Bonchev–Trinajstić information content (AvgIpc) is 2.99. The van der Waals surface area contributed by atoms with Crippen LogP contribution in [0.1, 0.15) is 18.4 Å². The number of carbonyl (C=O) groups excluding carboxylic acids is 1. The summed E-state index contributed by atoms with van der Waals surface area (Å²) in [5, 5.41) is 3.81. The van der Waals surface area contributed by atoms with E-state index in [1.165, 1.54) is 12.1 Å². The quantitative estimate of drug-likeness (QED) is 0.646. The van der Waals surface area contributed by atoms with Crippen LogP contribution in [0.2, 0.25) is 0 Å². The molecule has 2 aromatic carbocycles. The molecule has 0 aliphatic rings. The monoisotopic (exact) mass is 362 g/mol. The summed E-state index contributed by atoms with van der Waals surface area (Å²) in [5.41, 5.74) is 2.65. The summed E-state index contributed by atoms with van der Waals surface area (Å²) in [5.74, 6) is -0.510. The molecule has 0 spiro atoms. The van der Waals surface area contributed by atoms with Gasteiger partial charge in [-0.1, -0.05) is 18.2 Å². The van der Waals surface area contributed by atoms with E-state index >= 15 is 0 Å². The molecular formula is C19H17F3N2O2. The first-order valence-electron chi connectivity index (χ1n) is 8.11. The second-order valence-electron chi connectivity index (χ2n) is 5.83. The number of halogens is 3. The van der Waals surface area contributed by atoms with Crippen molar-refractivity contribution in [2.24, 2.45) is 0 Å². The first-order chi connectivity index (χ1) is 12.4. The topological polar surface area (TPSA) is 54.1 Å². The molecule has 0 atom stereocenters. The minimum atomic E-state index is -4.73. The first kappa shape index (κ1) is 17.8. The lowest BCUT2D eigenvalue weighted by Gasteiger charge is -2.10. The number of fused-ring (bicyclic) bond motifs is 1. The van der Waals surface area contributed by atoms with Gasteiger partial charge >= 0.3 is 6.36 Å². The summed E-state index contributed by atoms with van der Waals surface area (Å²) in [6.07, 6.45) is -1.03. The number of hydrogen-bond donors (Lipinski definition) is 2. The van der Waals surface area contributed by atoms with Gasteiger partial charge < -0.3 is 15.0 Å². The van der Waals surface area contributed by atoms with Gasteiger partial charge in [0.25, 0.3) is 0 Å². The van der Waals surface area contributed by atoms with Gasteiger partial charge in [0.2, 0.25) is 5.91 Å². The molecule has 1 amide bonds. The van der Waals surface area contributed by atoms with Crippen molar-refractivity contribution in [3.8, 4) is 5.75 Å². The maximum atomic E-state index is 12.1. The number of aryl methyl sites for hydroxylation is 1. The minimum absolute atomic E-state index is 0.186.